The van der Waals surface area contributed by atoms with E-state index in [2.05, 4.69) is 37.3 Å². The number of piperidine rings is 1. The van der Waals surface area contributed by atoms with E-state index in [1.54, 1.807) is 0 Å². The standard InChI is InChI=1S/C19H20ClF3N8O/c1-2-15(32)30-4-3-12(21)13(8-30)27-18-16-11(20)6-24-17(16)28-19(29-18)26-10-5-25-31(7-10)9-14(22)23/h2,5-7,12-14H,1,3-4,8-9H2,(H3,24,26,27,28,29)/t12-,13+/m1/s1. The van der Waals surface area contributed by atoms with E-state index < -0.39 is 25.2 Å². The Morgan fingerprint density at radius 3 is 3.00 bits per heavy atom. The van der Waals surface area contributed by atoms with Crippen LogP contribution >= 0.6 is 11.6 Å². The molecule has 4 heterocycles. The Balaban J connectivity index is 1.60. The molecule has 0 aromatic carbocycles. The molecule has 13 heteroatoms. The van der Waals surface area contributed by atoms with Gasteiger partial charge in [0.25, 0.3) is 6.43 Å². The number of aromatic amines is 1. The molecule has 0 unspecified atom stereocenters. The lowest BCUT2D eigenvalue weighted by Gasteiger charge is -2.35. The largest absolute Gasteiger partial charge is 0.362 e. The second-order valence-corrected chi connectivity index (χ2v) is 7.67. The number of alkyl halides is 3. The van der Waals surface area contributed by atoms with E-state index >= 15 is 0 Å². The van der Waals surface area contributed by atoms with Crippen LogP contribution in [0.5, 0.6) is 0 Å². The Bertz CT molecular complexity index is 1130. The van der Waals surface area contributed by atoms with Gasteiger partial charge in [0.2, 0.25) is 11.9 Å². The van der Waals surface area contributed by atoms with Gasteiger partial charge in [-0.1, -0.05) is 18.2 Å². The number of nitrogens with one attached hydrogen (secondary N) is 3. The molecule has 0 bridgehead atoms. The average molecular weight is 469 g/mol. The first-order chi connectivity index (χ1) is 15.3. The van der Waals surface area contributed by atoms with Crippen molar-refractivity contribution in [3.8, 4) is 0 Å². The molecule has 170 valence electrons. The summed E-state index contributed by atoms with van der Waals surface area (Å²) in [6.07, 6.45) is 1.89. The zero-order valence-electron chi connectivity index (χ0n) is 16.7. The average Bonchev–Trinajstić information content (AvgIpc) is 3.34. The maximum Gasteiger partial charge on any atom is 0.257 e. The molecule has 3 N–H and O–H groups in total. The summed E-state index contributed by atoms with van der Waals surface area (Å²) in [4.78, 5) is 25.1. The normalized spacial score (nSPS) is 18.8. The van der Waals surface area contributed by atoms with Gasteiger partial charge in [0.05, 0.1) is 28.3 Å². The maximum atomic E-state index is 14.7. The van der Waals surface area contributed by atoms with Crippen LogP contribution in [0.3, 0.4) is 0 Å². The summed E-state index contributed by atoms with van der Waals surface area (Å²) in [6, 6.07) is -0.724. The molecule has 0 spiro atoms. The summed E-state index contributed by atoms with van der Waals surface area (Å²) in [5.41, 5.74) is 0.789. The van der Waals surface area contributed by atoms with E-state index in [0.29, 0.717) is 28.3 Å². The minimum absolute atomic E-state index is 0.125. The van der Waals surface area contributed by atoms with E-state index in [1.807, 2.05) is 0 Å². The highest BCUT2D eigenvalue weighted by atomic mass is 35.5. The molecule has 2 atom stereocenters. The SMILES string of the molecule is C=CC(=O)N1CC[C@@H](F)[C@@H](Nc2nc(Nc3cnn(CC(F)F)c3)nc3[nH]cc(Cl)c23)C1. The number of amides is 1. The maximum absolute atomic E-state index is 14.7. The second kappa shape index (κ2) is 9.07. The molecular weight excluding hydrogens is 449 g/mol. The lowest BCUT2D eigenvalue weighted by molar-refractivity contribution is -0.127. The molecule has 0 aliphatic carbocycles. The molecule has 1 aliphatic rings. The fourth-order valence-electron chi connectivity index (χ4n) is 3.52. The van der Waals surface area contributed by atoms with Crippen molar-refractivity contribution in [3.05, 3.63) is 36.3 Å². The molecular formula is C19H20ClF3N8O. The van der Waals surface area contributed by atoms with Crippen LogP contribution in [0.15, 0.2) is 31.2 Å². The van der Waals surface area contributed by atoms with Crippen LogP contribution in [0.4, 0.5) is 30.6 Å². The number of hydrogen-bond acceptors (Lipinski definition) is 6. The van der Waals surface area contributed by atoms with Gasteiger partial charge in [0, 0.05) is 25.5 Å². The summed E-state index contributed by atoms with van der Waals surface area (Å²) >= 11 is 6.27. The van der Waals surface area contributed by atoms with E-state index in [-0.39, 0.29) is 30.6 Å². The highest BCUT2D eigenvalue weighted by Crippen LogP contribution is 2.31. The van der Waals surface area contributed by atoms with E-state index in [1.165, 1.54) is 29.6 Å². The second-order valence-electron chi connectivity index (χ2n) is 7.27. The van der Waals surface area contributed by atoms with Gasteiger partial charge < -0.3 is 20.5 Å². The fraction of sp³-hybridized carbons (Fsp3) is 0.368. The number of H-pyrrole nitrogens is 1. The van der Waals surface area contributed by atoms with Crippen molar-refractivity contribution in [2.45, 2.75) is 31.6 Å². The van der Waals surface area contributed by atoms with Crippen LogP contribution in [0, 0.1) is 0 Å². The third-order valence-corrected chi connectivity index (χ3v) is 5.33. The number of anilines is 3. The van der Waals surface area contributed by atoms with Crippen LogP contribution in [0.1, 0.15) is 6.42 Å². The quantitative estimate of drug-likeness (QED) is 0.459. The Morgan fingerprint density at radius 1 is 1.44 bits per heavy atom. The highest BCUT2D eigenvalue weighted by Gasteiger charge is 2.32. The number of carbonyl (C=O) groups excluding carboxylic acids is 1. The van der Waals surface area contributed by atoms with Crippen LogP contribution in [-0.2, 0) is 11.3 Å². The lowest BCUT2D eigenvalue weighted by Crippen LogP contribution is -2.50. The van der Waals surface area contributed by atoms with Crippen molar-refractivity contribution in [3.63, 3.8) is 0 Å². The summed E-state index contributed by atoms with van der Waals surface area (Å²) in [6.45, 7) is 3.36. The topological polar surface area (TPSA) is 104 Å². The Hall–Kier alpha value is -3.28. The summed E-state index contributed by atoms with van der Waals surface area (Å²) in [7, 11) is 0. The first-order valence-corrected chi connectivity index (χ1v) is 10.2. The molecule has 4 rings (SSSR count). The van der Waals surface area contributed by atoms with Crippen LogP contribution in [0.25, 0.3) is 11.0 Å². The van der Waals surface area contributed by atoms with Crippen molar-refractivity contribution in [1.29, 1.82) is 0 Å². The zero-order valence-corrected chi connectivity index (χ0v) is 17.5. The van der Waals surface area contributed by atoms with Crippen molar-refractivity contribution >= 4 is 46.0 Å². The molecule has 1 saturated heterocycles. The van der Waals surface area contributed by atoms with Crippen molar-refractivity contribution in [2.75, 3.05) is 23.7 Å². The molecule has 32 heavy (non-hydrogen) atoms. The Labute approximate surface area is 185 Å². The molecule has 0 saturated carbocycles. The predicted molar refractivity (Wildman–Crippen MR) is 114 cm³/mol. The van der Waals surface area contributed by atoms with Gasteiger partial charge in [-0.15, -0.1) is 0 Å². The summed E-state index contributed by atoms with van der Waals surface area (Å²) < 4.78 is 40.9. The first kappa shape index (κ1) is 21.9. The van der Waals surface area contributed by atoms with Crippen LogP contribution in [-0.4, -0.2) is 67.3 Å². The zero-order chi connectivity index (χ0) is 22.8. The lowest BCUT2D eigenvalue weighted by atomic mass is 10.0. The van der Waals surface area contributed by atoms with Crippen molar-refractivity contribution < 1.29 is 18.0 Å². The fourth-order valence-corrected chi connectivity index (χ4v) is 3.75. The molecule has 1 fully saturated rings. The Morgan fingerprint density at radius 2 is 2.25 bits per heavy atom. The van der Waals surface area contributed by atoms with Gasteiger partial charge in [-0.3, -0.25) is 9.48 Å². The number of fused-ring (bicyclic) bond motifs is 1. The molecule has 3 aromatic rings. The van der Waals surface area contributed by atoms with Crippen molar-refractivity contribution in [1.82, 2.24) is 29.6 Å². The van der Waals surface area contributed by atoms with Gasteiger partial charge >= 0.3 is 0 Å². The van der Waals surface area contributed by atoms with Crippen LogP contribution in [0.2, 0.25) is 5.02 Å². The molecule has 1 amide bonds. The number of halogens is 4. The van der Waals surface area contributed by atoms with Crippen molar-refractivity contribution in [2.24, 2.45) is 0 Å². The first-order valence-electron chi connectivity index (χ1n) is 9.78. The highest BCUT2D eigenvalue weighted by molar-refractivity contribution is 6.36. The number of hydrogen-bond donors (Lipinski definition) is 3. The number of rotatable bonds is 7. The van der Waals surface area contributed by atoms with Gasteiger partial charge in [-0.05, 0) is 12.5 Å². The van der Waals surface area contributed by atoms with Gasteiger partial charge in [-0.2, -0.15) is 15.1 Å². The van der Waals surface area contributed by atoms with Gasteiger partial charge in [0.1, 0.15) is 24.2 Å². The third kappa shape index (κ3) is 4.64. The summed E-state index contributed by atoms with van der Waals surface area (Å²) in [5.74, 6) is 0.115. The van der Waals surface area contributed by atoms with E-state index in [9.17, 15) is 18.0 Å². The monoisotopic (exact) mass is 468 g/mol. The molecule has 3 aromatic heterocycles. The number of likely N-dealkylation sites (tertiary alicyclic amines) is 1. The molecule has 1 aliphatic heterocycles. The number of carbonyl (C=O) groups is 1. The number of nitrogens with zero attached hydrogens (tertiary/aromatic N) is 5. The van der Waals surface area contributed by atoms with Gasteiger partial charge in [-0.25, -0.2) is 13.2 Å². The smallest absolute Gasteiger partial charge is 0.257 e. The van der Waals surface area contributed by atoms with E-state index in [0.717, 1.165) is 4.68 Å². The molecule has 0 radical (unpaired) electrons. The number of aromatic nitrogens is 5. The third-order valence-electron chi connectivity index (χ3n) is 5.03. The van der Waals surface area contributed by atoms with E-state index in [4.69, 9.17) is 11.6 Å². The van der Waals surface area contributed by atoms with Gasteiger partial charge in [0.15, 0.2) is 0 Å². The minimum Gasteiger partial charge on any atom is -0.362 e. The van der Waals surface area contributed by atoms with Crippen LogP contribution < -0.4 is 10.6 Å². The minimum atomic E-state index is -2.54. The predicted octanol–water partition coefficient (Wildman–Crippen LogP) is 3.35. The summed E-state index contributed by atoms with van der Waals surface area (Å²) in [5, 5.41) is 10.6. The Kier molecular flexibility index (Phi) is 6.21. The molecule has 9 nitrogen and oxygen atoms in total.